The van der Waals surface area contributed by atoms with E-state index in [1.54, 1.807) is 0 Å². The van der Waals surface area contributed by atoms with Crippen LogP contribution in [0.4, 0.5) is 0 Å². The van der Waals surface area contributed by atoms with E-state index in [9.17, 15) is 5.11 Å². The molecule has 4 heteroatoms. The average molecular weight is 287 g/mol. The molecule has 1 aliphatic rings. The Bertz CT molecular complexity index is 254. The summed E-state index contributed by atoms with van der Waals surface area (Å²) in [6.07, 6.45) is 3.76. The first kappa shape index (κ1) is 17.9. The lowest BCUT2D eigenvalue weighted by atomic mass is 9.86. The van der Waals surface area contributed by atoms with Crippen molar-refractivity contribution in [3.8, 4) is 0 Å². The molecule has 0 aliphatic carbocycles. The van der Waals surface area contributed by atoms with Gasteiger partial charge in [-0.2, -0.15) is 0 Å². The molecule has 20 heavy (non-hydrogen) atoms. The second-order valence-corrected chi connectivity index (χ2v) is 6.42. The summed E-state index contributed by atoms with van der Waals surface area (Å²) < 4.78 is 11.4. The molecule has 120 valence electrons. The lowest BCUT2D eigenvalue weighted by Gasteiger charge is -2.40. The summed E-state index contributed by atoms with van der Waals surface area (Å²) in [7, 11) is 0. The molecule has 0 spiro atoms. The monoisotopic (exact) mass is 287 g/mol. The van der Waals surface area contributed by atoms with E-state index < -0.39 is 6.10 Å². The predicted octanol–water partition coefficient (Wildman–Crippen LogP) is 2.35. The Labute approximate surface area is 124 Å². The van der Waals surface area contributed by atoms with Crippen molar-refractivity contribution < 1.29 is 14.6 Å². The van der Waals surface area contributed by atoms with Gasteiger partial charge in [-0.25, -0.2) is 0 Å². The third-order valence-corrected chi connectivity index (χ3v) is 4.19. The van der Waals surface area contributed by atoms with Crippen LogP contribution in [0.3, 0.4) is 0 Å². The summed E-state index contributed by atoms with van der Waals surface area (Å²) in [6.45, 7) is 11.2. The summed E-state index contributed by atoms with van der Waals surface area (Å²) >= 11 is 0. The van der Waals surface area contributed by atoms with Crippen LogP contribution in [0.15, 0.2) is 0 Å². The third-order valence-electron chi connectivity index (χ3n) is 4.19. The molecule has 1 heterocycles. The van der Waals surface area contributed by atoms with E-state index in [1.165, 1.54) is 0 Å². The quantitative estimate of drug-likeness (QED) is 0.683. The average Bonchev–Trinajstić information content (AvgIpc) is 2.45. The molecule has 0 aromatic heterocycles. The Morgan fingerprint density at radius 3 is 2.60 bits per heavy atom. The fourth-order valence-electron chi connectivity index (χ4n) is 2.75. The number of hydrogen-bond donors (Lipinski definition) is 2. The maximum absolute atomic E-state index is 9.92. The van der Waals surface area contributed by atoms with Gasteiger partial charge in [0, 0.05) is 25.8 Å². The van der Waals surface area contributed by atoms with Crippen LogP contribution in [0.5, 0.6) is 0 Å². The second-order valence-electron chi connectivity index (χ2n) is 6.42. The van der Waals surface area contributed by atoms with E-state index >= 15 is 0 Å². The van der Waals surface area contributed by atoms with E-state index in [4.69, 9.17) is 9.47 Å². The number of aliphatic hydroxyl groups excluding tert-OH is 1. The van der Waals surface area contributed by atoms with Crippen molar-refractivity contribution in [3.63, 3.8) is 0 Å². The summed E-state index contributed by atoms with van der Waals surface area (Å²) in [5.41, 5.74) is 0.0367. The Kier molecular flexibility index (Phi) is 8.03. The van der Waals surface area contributed by atoms with Gasteiger partial charge in [0.15, 0.2) is 0 Å². The molecule has 1 saturated heterocycles. The molecule has 0 aromatic rings. The van der Waals surface area contributed by atoms with Crippen LogP contribution in [0.25, 0.3) is 0 Å². The Hall–Kier alpha value is -0.160. The second kappa shape index (κ2) is 8.98. The first-order chi connectivity index (χ1) is 9.51. The van der Waals surface area contributed by atoms with Crippen LogP contribution in [-0.4, -0.2) is 49.2 Å². The molecule has 1 aliphatic heterocycles. The van der Waals surface area contributed by atoms with Gasteiger partial charge >= 0.3 is 0 Å². The zero-order chi connectivity index (χ0) is 15.0. The minimum atomic E-state index is -0.422. The van der Waals surface area contributed by atoms with Gasteiger partial charge in [-0.1, -0.05) is 27.7 Å². The van der Waals surface area contributed by atoms with Gasteiger partial charge in [0.1, 0.15) is 0 Å². The number of aliphatic hydroxyl groups is 1. The molecule has 0 saturated carbocycles. The van der Waals surface area contributed by atoms with Crippen LogP contribution >= 0.6 is 0 Å². The molecule has 4 nitrogen and oxygen atoms in total. The maximum atomic E-state index is 9.92. The van der Waals surface area contributed by atoms with Crippen molar-refractivity contribution >= 4 is 0 Å². The van der Waals surface area contributed by atoms with Crippen molar-refractivity contribution in [2.24, 2.45) is 5.92 Å². The molecule has 2 unspecified atom stereocenters. The van der Waals surface area contributed by atoms with Crippen molar-refractivity contribution in [3.05, 3.63) is 0 Å². The first-order valence-corrected chi connectivity index (χ1v) is 8.14. The molecule has 2 atom stereocenters. The molecule has 0 amide bonds. The summed E-state index contributed by atoms with van der Waals surface area (Å²) in [4.78, 5) is 0. The van der Waals surface area contributed by atoms with Crippen molar-refractivity contribution in [1.82, 2.24) is 5.32 Å². The molecular formula is C16H33NO3. The van der Waals surface area contributed by atoms with Gasteiger partial charge in [-0.05, 0) is 31.6 Å². The Morgan fingerprint density at radius 2 is 2.00 bits per heavy atom. The van der Waals surface area contributed by atoms with Gasteiger partial charge < -0.3 is 19.9 Å². The molecule has 0 bridgehead atoms. The van der Waals surface area contributed by atoms with Gasteiger partial charge in [-0.3, -0.25) is 0 Å². The van der Waals surface area contributed by atoms with Crippen molar-refractivity contribution in [2.45, 2.75) is 71.1 Å². The minimum absolute atomic E-state index is 0.0367. The van der Waals surface area contributed by atoms with Gasteiger partial charge in [0.05, 0.1) is 18.3 Å². The number of hydrogen-bond acceptors (Lipinski definition) is 4. The summed E-state index contributed by atoms with van der Waals surface area (Å²) in [6, 6.07) is 0.448. The van der Waals surface area contributed by atoms with E-state index in [-0.39, 0.29) is 5.60 Å². The highest BCUT2D eigenvalue weighted by molar-refractivity contribution is 4.88. The van der Waals surface area contributed by atoms with Crippen molar-refractivity contribution in [1.29, 1.82) is 0 Å². The van der Waals surface area contributed by atoms with E-state index in [2.05, 4.69) is 33.0 Å². The van der Waals surface area contributed by atoms with Gasteiger partial charge in [0.25, 0.3) is 0 Å². The molecule has 1 rings (SSSR count). The highest BCUT2D eigenvalue weighted by Gasteiger charge is 2.34. The third kappa shape index (κ3) is 6.08. The van der Waals surface area contributed by atoms with E-state index in [0.717, 1.165) is 32.3 Å². The van der Waals surface area contributed by atoms with Crippen LogP contribution in [0.1, 0.15) is 53.4 Å². The van der Waals surface area contributed by atoms with Gasteiger partial charge in [-0.15, -0.1) is 0 Å². The Balaban J connectivity index is 2.23. The zero-order valence-electron chi connectivity index (χ0n) is 13.7. The van der Waals surface area contributed by atoms with Crippen LogP contribution in [0.2, 0.25) is 0 Å². The topological polar surface area (TPSA) is 50.7 Å². The molecule has 1 fully saturated rings. The smallest absolute Gasteiger partial charge is 0.0897 e. The first-order valence-electron chi connectivity index (χ1n) is 8.14. The molecule has 2 N–H and O–H groups in total. The van der Waals surface area contributed by atoms with Crippen LogP contribution < -0.4 is 5.32 Å². The fourth-order valence-corrected chi connectivity index (χ4v) is 2.75. The van der Waals surface area contributed by atoms with E-state index in [0.29, 0.717) is 31.7 Å². The maximum Gasteiger partial charge on any atom is 0.0897 e. The standard InChI is InChI=1S/C16H33NO3/c1-5-16(6-2)9-14(7-8-20-16)17-10-15(18)12-19-11-13(3)4/h13-15,17-18H,5-12H2,1-4H3. The fraction of sp³-hybridized carbons (Fsp3) is 1.00. The number of rotatable bonds is 9. The summed E-state index contributed by atoms with van der Waals surface area (Å²) in [5, 5.41) is 13.4. The Morgan fingerprint density at radius 1 is 1.30 bits per heavy atom. The van der Waals surface area contributed by atoms with E-state index in [1.807, 2.05) is 0 Å². The van der Waals surface area contributed by atoms with Crippen LogP contribution in [-0.2, 0) is 9.47 Å². The number of nitrogens with one attached hydrogen (secondary N) is 1. The lowest BCUT2D eigenvalue weighted by Crippen LogP contribution is -2.48. The SMILES string of the molecule is CCC1(CC)CC(NCC(O)COCC(C)C)CCO1. The van der Waals surface area contributed by atoms with Crippen LogP contribution in [0, 0.1) is 5.92 Å². The number of ether oxygens (including phenoxy) is 2. The largest absolute Gasteiger partial charge is 0.389 e. The normalized spacial score (nSPS) is 24.0. The highest BCUT2D eigenvalue weighted by atomic mass is 16.5. The minimum Gasteiger partial charge on any atom is -0.389 e. The molecule has 0 aromatic carbocycles. The molecular weight excluding hydrogens is 254 g/mol. The lowest BCUT2D eigenvalue weighted by molar-refractivity contribution is -0.0942. The predicted molar refractivity (Wildman–Crippen MR) is 82.0 cm³/mol. The zero-order valence-corrected chi connectivity index (χ0v) is 13.7. The summed E-state index contributed by atoms with van der Waals surface area (Å²) in [5.74, 6) is 0.514. The highest BCUT2D eigenvalue weighted by Crippen LogP contribution is 2.31. The molecule has 0 radical (unpaired) electrons. The van der Waals surface area contributed by atoms with Crippen molar-refractivity contribution in [2.75, 3.05) is 26.4 Å². The van der Waals surface area contributed by atoms with Gasteiger partial charge in [0.2, 0.25) is 0 Å².